The van der Waals surface area contributed by atoms with Crippen LogP contribution in [0.25, 0.3) is 0 Å². The Labute approximate surface area is 109 Å². The van der Waals surface area contributed by atoms with Crippen molar-refractivity contribution >= 4 is 16.5 Å². The lowest BCUT2D eigenvalue weighted by atomic mass is 10.3. The fourth-order valence-corrected chi connectivity index (χ4v) is 3.05. The molecule has 0 aromatic carbocycles. The second-order valence-corrected chi connectivity index (χ2v) is 5.32. The lowest BCUT2D eigenvalue weighted by molar-refractivity contribution is 0.494. The SMILES string of the molecule is Cc1csc(N2CCC(n3cc(C#N)cn3)C2)n1. The van der Waals surface area contributed by atoms with Gasteiger partial charge in [-0.1, -0.05) is 0 Å². The first kappa shape index (κ1) is 11.2. The maximum absolute atomic E-state index is 8.80. The Balaban J connectivity index is 1.73. The number of hydrogen-bond donors (Lipinski definition) is 0. The third-order valence-corrected chi connectivity index (χ3v) is 4.16. The average Bonchev–Trinajstić information content (AvgIpc) is 3.07. The van der Waals surface area contributed by atoms with Crippen LogP contribution in [0.15, 0.2) is 17.8 Å². The van der Waals surface area contributed by atoms with Crippen LogP contribution in [0.1, 0.15) is 23.7 Å². The van der Waals surface area contributed by atoms with Crippen LogP contribution in [0.2, 0.25) is 0 Å². The summed E-state index contributed by atoms with van der Waals surface area (Å²) in [5.74, 6) is 0. The summed E-state index contributed by atoms with van der Waals surface area (Å²) in [4.78, 5) is 6.79. The van der Waals surface area contributed by atoms with E-state index in [9.17, 15) is 0 Å². The highest BCUT2D eigenvalue weighted by molar-refractivity contribution is 7.13. The molecule has 3 heterocycles. The summed E-state index contributed by atoms with van der Waals surface area (Å²) in [6, 6.07) is 2.45. The zero-order valence-corrected chi connectivity index (χ0v) is 10.9. The minimum atomic E-state index is 0.344. The van der Waals surface area contributed by atoms with Gasteiger partial charge >= 0.3 is 0 Å². The van der Waals surface area contributed by atoms with Crippen LogP contribution in [0.5, 0.6) is 0 Å². The molecule has 18 heavy (non-hydrogen) atoms. The van der Waals surface area contributed by atoms with Crippen molar-refractivity contribution in [3.63, 3.8) is 0 Å². The molecule has 5 nitrogen and oxygen atoms in total. The lowest BCUT2D eigenvalue weighted by Gasteiger charge is -2.14. The van der Waals surface area contributed by atoms with Crippen molar-refractivity contribution in [2.45, 2.75) is 19.4 Å². The topological polar surface area (TPSA) is 57.7 Å². The smallest absolute Gasteiger partial charge is 0.185 e. The molecule has 0 saturated carbocycles. The van der Waals surface area contributed by atoms with E-state index in [-0.39, 0.29) is 0 Å². The minimum Gasteiger partial charge on any atom is -0.346 e. The zero-order valence-electron chi connectivity index (χ0n) is 10.1. The fraction of sp³-hybridized carbons (Fsp3) is 0.417. The Morgan fingerprint density at radius 3 is 3.11 bits per heavy atom. The number of nitrogens with zero attached hydrogens (tertiary/aromatic N) is 5. The predicted octanol–water partition coefficient (Wildman–Crippen LogP) is 1.97. The summed E-state index contributed by atoms with van der Waals surface area (Å²) in [6.45, 7) is 3.93. The number of aryl methyl sites for hydroxylation is 1. The molecule has 0 spiro atoms. The Kier molecular flexibility index (Phi) is 2.76. The molecule has 2 aromatic heterocycles. The van der Waals surface area contributed by atoms with Crippen LogP contribution in [0.3, 0.4) is 0 Å². The van der Waals surface area contributed by atoms with Gasteiger partial charge in [-0.05, 0) is 13.3 Å². The molecule has 0 bridgehead atoms. The average molecular weight is 259 g/mol. The third-order valence-electron chi connectivity index (χ3n) is 3.15. The molecule has 1 saturated heterocycles. The largest absolute Gasteiger partial charge is 0.346 e. The third kappa shape index (κ3) is 1.97. The molecule has 3 rings (SSSR count). The first-order valence-electron chi connectivity index (χ1n) is 5.87. The Bertz CT molecular complexity index is 594. The normalized spacial score (nSPS) is 19.1. The van der Waals surface area contributed by atoms with Crippen molar-refractivity contribution in [3.05, 3.63) is 29.0 Å². The molecule has 0 aliphatic carbocycles. The fourth-order valence-electron chi connectivity index (χ4n) is 2.21. The molecular formula is C12H13N5S. The molecule has 1 aliphatic rings. The lowest BCUT2D eigenvalue weighted by Crippen LogP contribution is -2.20. The van der Waals surface area contributed by atoms with Gasteiger partial charge in [-0.25, -0.2) is 4.98 Å². The molecule has 92 valence electrons. The maximum atomic E-state index is 8.80. The minimum absolute atomic E-state index is 0.344. The van der Waals surface area contributed by atoms with Crippen LogP contribution < -0.4 is 4.90 Å². The van der Waals surface area contributed by atoms with Crippen molar-refractivity contribution in [2.24, 2.45) is 0 Å². The van der Waals surface area contributed by atoms with Gasteiger partial charge in [0.1, 0.15) is 6.07 Å². The summed E-state index contributed by atoms with van der Waals surface area (Å²) in [6.07, 6.45) is 4.49. The zero-order chi connectivity index (χ0) is 12.5. The van der Waals surface area contributed by atoms with Crippen LogP contribution in [0, 0.1) is 18.3 Å². The van der Waals surface area contributed by atoms with Crippen molar-refractivity contribution in [3.8, 4) is 6.07 Å². The first-order chi connectivity index (χ1) is 8.76. The number of nitriles is 1. The second-order valence-electron chi connectivity index (χ2n) is 4.48. The van der Waals surface area contributed by atoms with E-state index in [1.165, 1.54) is 0 Å². The Morgan fingerprint density at radius 2 is 2.44 bits per heavy atom. The number of aromatic nitrogens is 3. The van der Waals surface area contributed by atoms with E-state index in [0.717, 1.165) is 30.3 Å². The number of rotatable bonds is 2. The van der Waals surface area contributed by atoms with Crippen molar-refractivity contribution in [1.82, 2.24) is 14.8 Å². The van der Waals surface area contributed by atoms with E-state index in [2.05, 4.69) is 26.4 Å². The molecule has 1 atom stereocenters. The van der Waals surface area contributed by atoms with Gasteiger partial charge < -0.3 is 4.90 Å². The predicted molar refractivity (Wildman–Crippen MR) is 69.7 cm³/mol. The van der Waals surface area contributed by atoms with Gasteiger partial charge in [0.25, 0.3) is 0 Å². The molecule has 0 amide bonds. The van der Waals surface area contributed by atoms with E-state index in [0.29, 0.717) is 11.6 Å². The molecule has 0 radical (unpaired) electrons. The van der Waals surface area contributed by atoms with E-state index in [1.807, 2.05) is 17.8 Å². The molecule has 1 unspecified atom stereocenters. The van der Waals surface area contributed by atoms with Gasteiger partial charge in [-0.2, -0.15) is 10.4 Å². The van der Waals surface area contributed by atoms with E-state index in [4.69, 9.17) is 5.26 Å². The van der Waals surface area contributed by atoms with Crippen LogP contribution in [0.4, 0.5) is 5.13 Å². The van der Waals surface area contributed by atoms with Gasteiger partial charge in [-0.3, -0.25) is 4.68 Å². The molecular weight excluding hydrogens is 246 g/mol. The van der Waals surface area contributed by atoms with Gasteiger partial charge in [-0.15, -0.1) is 11.3 Å². The highest BCUT2D eigenvalue weighted by Gasteiger charge is 2.26. The van der Waals surface area contributed by atoms with Gasteiger partial charge in [0.05, 0.1) is 23.5 Å². The van der Waals surface area contributed by atoms with Crippen molar-refractivity contribution in [2.75, 3.05) is 18.0 Å². The van der Waals surface area contributed by atoms with Crippen molar-refractivity contribution < 1.29 is 0 Å². The highest BCUT2D eigenvalue weighted by atomic mass is 32.1. The number of anilines is 1. The van der Waals surface area contributed by atoms with Crippen molar-refractivity contribution in [1.29, 1.82) is 5.26 Å². The summed E-state index contributed by atoms with van der Waals surface area (Å²) in [5, 5.41) is 16.2. The van der Waals surface area contributed by atoms with Gasteiger partial charge in [0.2, 0.25) is 0 Å². The molecule has 6 heteroatoms. The Hall–Kier alpha value is -1.87. The standard InChI is InChI=1S/C12H13N5S/c1-9-8-18-12(15-9)16-3-2-11(7-16)17-6-10(4-13)5-14-17/h5-6,8,11H,2-3,7H2,1H3. The van der Waals surface area contributed by atoms with Crippen LogP contribution in [-0.2, 0) is 0 Å². The number of thiazole rings is 1. The molecule has 1 aliphatic heterocycles. The summed E-state index contributed by atoms with van der Waals surface area (Å²) < 4.78 is 1.90. The van der Waals surface area contributed by atoms with Crippen LogP contribution in [-0.4, -0.2) is 27.9 Å². The highest BCUT2D eigenvalue weighted by Crippen LogP contribution is 2.28. The van der Waals surface area contributed by atoms with E-state index >= 15 is 0 Å². The van der Waals surface area contributed by atoms with E-state index < -0.39 is 0 Å². The molecule has 1 fully saturated rings. The summed E-state index contributed by atoms with van der Waals surface area (Å²) in [7, 11) is 0. The summed E-state index contributed by atoms with van der Waals surface area (Å²) >= 11 is 1.69. The molecule has 2 aromatic rings. The van der Waals surface area contributed by atoms with Crippen LogP contribution >= 0.6 is 11.3 Å². The van der Waals surface area contributed by atoms with E-state index in [1.54, 1.807) is 17.5 Å². The monoisotopic (exact) mass is 259 g/mol. The molecule has 0 N–H and O–H groups in total. The maximum Gasteiger partial charge on any atom is 0.185 e. The quantitative estimate of drug-likeness (QED) is 0.827. The Morgan fingerprint density at radius 1 is 1.56 bits per heavy atom. The summed E-state index contributed by atoms with van der Waals surface area (Å²) in [5.41, 5.74) is 1.70. The first-order valence-corrected chi connectivity index (χ1v) is 6.75. The number of hydrogen-bond acceptors (Lipinski definition) is 5. The van der Waals surface area contributed by atoms with Gasteiger partial charge in [0, 0.05) is 24.7 Å². The second kappa shape index (κ2) is 4.42. The van der Waals surface area contributed by atoms with Gasteiger partial charge in [0.15, 0.2) is 5.13 Å².